The second-order valence-electron chi connectivity index (χ2n) is 4.69. The van der Waals surface area contributed by atoms with Crippen LogP contribution in [0.25, 0.3) is 0 Å². The zero-order valence-electron chi connectivity index (χ0n) is 10.9. The first kappa shape index (κ1) is 14.4. The Kier molecular flexibility index (Phi) is 5.69. The molecule has 0 bridgehead atoms. The van der Waals surface area contributed by atoms with Crippen LogP contribution in [-0.2, 0) is 4.79 Å². The number of β-amino-alcohol motifs (C(OH)–C–C–N with tert-alkyl or cyclic N) is 1. The van der Waals surface area contributed by atoms with Gasteiger partial charge in [-0.3, -0.25) is 9.69 Å². The third kappa shape index (κ3) is 5.22. The Balaban J connectivity index is 1.57. The number of benzene rings is 1. The smallest absolute Gasteiger partial charge is 0.234 e. The quantitative estimate of drug-likeness (QED) is 0.602. The highest BCUT2D eigenvalue weighted by Gasteiger charge is 2.21. The molecular formula is C14H20N2O2S. The summed E-state index contributed by atoms with van der Waals surface area (Å²) in [6.07, 6.45) is 0.512. The summed E-state index contributed by atoms with van der Waals surface area (Å²) in [5.41, 5.74) is 0. The summed E-state index contributed by atoms with van der Waals surface area (Å²) in [5.74, 6) is 0.918. The lowest BCUT2D eigenvalue weighted by Crippen LogP contribution is -2.37. The molecule has 0 aromatic heterocycles. The second kappa shape index (κ2) is 7.53. The molecule has 1 fully saturated rings. The van der Waals surface area contributed by atoms with Crippen LogP contribution in [0.15, 0.2) is 35.2 Å². The highest BCUT2D eigenvalue weighted by molar-refractivity contribution is 7.99. The Hall–Kier alpha value is -1.04. The number of thioether (sulfide) groups is 1. The number of nitrogens with zero attached hydrogens (tertiary/aromatic N) is 1. The summed E-state index contributed by atoms with van der Waals surface area (Å²) in [6, 6.07) is 10.2. The van der Waals surface area contributed by atoms with Crippen LogP contribution >= 0.6 is 11.8 Å². The van der Waals surface area contributed by atoms with Gasteiger partial charge in [-0.15, -0.1) is 11.8 Å². The Morgan fingerprint density at radius 3 is 2.89 bits per heavy atom. The number of nitrogens with one attached hydrogen (secondary N) is 1. The lowest BCUT2D eigenvalue weighted by atomic mass is 10.3. The molecule has 5 heteroatoms. The summed E-state index contributed by atoms with van der Waals surface area (Å²) >= 11 is 1.74. The van der Waals surface area contributed by atoms with E-state index in [1.54, 1.807) is 11.8 Å². The van der Waals surface area contributed by atoms with Crippen molar-refractivity contribution in [1.82, 2.24) is 10.2 Å². The van der Waals surface area contributed by atoms with Crippen LogP contribution in [-0.4, -0.2) is 53.9 Å². The summed E-state index contributed by atoms with van der Waals surface area (Å²) in [7, 11) is 0. The number of carbonyl (C=O) groups is 1. The number of rotatable bonds is 6. The van der Waals surface area contributed by atoms with Gasteiger partial charge in [0.05, 0.1) is 12.6 Å². The molecule has 0 unspecified atom stereocenters. The molecular weight excluding hydrogens is 260 g/mol. The molecule has 0 spiro atoms. The average Bonchev–Trinajstić information content (AvgIpc) is 2.81. The third-order valence-corrected chi connectivity index (χ3v) is 4.06. The Morgan fingerprint density at radius 2 is 2.21 bits per heavy atom. The van der Waals surface area contributed by atoms with Crippen LogP contribution in [0, 0.1) is 0 Å². The average molecular weight is 280 g/mol. The van der Waals surface area contributed by atoms with Crippen LogP contribution in [0.1, 0.15) is 6.42 Å². The van der Waals surface area contributed by atoms with E-state index in [-0.39, 0.29) is 12.0 Å². The van der Waals surface area contributed by atoms with Gasteiger partial charge in [0.15, 0.2) is 0 Å². The molecule has 1 amide bonds. The Bertz CT molecular complexity index is 400. The minimum absolute atomic E-state index is 0.0442. The van der Waals surface area contributed by atoms with E-state index < -0.39 is 0 Å². The highest BCUT2D eigenvalue weighted by Crippen LogP contribution is 2.15. The Morgan fingerprint density at radius 1 is 1.42 bits per heavy atom. The number of amides is 1. The highest BCUT2D eigenvalue weighted by atomic mass is 32.2. The molecule has 1 aromatic carbocycles. The van der Waals surface area contributed by atoms with Crippen molar-refractivity contribution >= 4 is 17.7 Å². The van der Waals surface area contributed by atoms with Crippen molar-refractivity contribution in [2.75, 3.05) is 31.9 Å². The molecule has 4 nitrogen and oxygen atoms in total. The molecule has 0 saturated carbocycles. The first-order valence-electron chi connectivity index (χ1n) is 6.59. The molecule has 1 aliphatic rings. The van der Waals surface area contributed by atoms with Gasteiger partial charge in [-0.05, 0) is 18.6 Å². The van der Waals surface area contributed by atoms with Gasteiger partial charge in [0, 0.05) is 30.3 Å². The van der Waals surface area contributed by atoms with E-state index in [0.29, 0.717) is 19.6 Å². The Labute approximate surface area is 118 Å². The SMILES string of the molecule is O=C(CN1CC[C@@H](O)C1)NCCSc1ccccc1. The van der Waals surface area contributed by atoms with Gasteiger partial charge in [0.2, 0.25) is 5.91 Å². The van der Waals surface area contributed by atoms with E-state index in [0.717, 1.165) is 18.7 Å². The second-order valence-corrected chi connectivity index (χ2v) is 5.86. The number of carbonyl (C=O) groups excluding carboxylic acids is 1. The number of likely N-dealkylation sites (tertiary alicyclic amines) is 1. The lowest BCUT2D eigenvalue weighted by molar-refractivity contribution is -0.121. The predicted octanol–water partition coefficient (Wildman–Crippen LogP) is 0.961. The number of hydrogen-bond donors (Lipinski definition) is 2. The first-order chi connectivity index (χ1) is 9.24. The van der Waals surface area contributed by atoms with Crippen molar-refractivity contribution in [2.45, 2.75) is 17.4 Å². The maximum atomic E-state index is 11.7. The number of hydrogen-bond acceptors (Lipinski definition) is 4. The largest absolute Gasteiger partial charge is 0.392 e. The molecule has 1 aromatic rings. The molecule has 1 saturated heterocycles. The normalized spacial score (nSPS) is 19.5. The minimum atomic E-state index is -0.263. The van der Waals surface area contributed by atoms with Crippen LogP contribution in [0.3, 0.4) is 0 Å². The third-order valence-electron chi connectivity index (χ3n) is 3.05. The van der Waals surface area contributed by atoms with Crippen molar-refractivity contribution in [3.63, 3.8) is 0 Å². The van der Waals surface area contributed by atoms with E-state index in [1.807, 2.05) is 23.1 Å². The summed E-state index contributed by atoms with van der Waals surface area (Å²) in [5, 5.41) is 12.3. The van der Waals surface area contributed by atoms with Gasteiger partial charge in [0.1, 0.15) is 0 Å². The molecule has 0 radical (unpaired) electrons. The molecule has 0 aliphatic carbocycles. The van der Waals surface area contributed by atoms with E-state index in [1.165, 1.54) is 4.90 Å². The monoisotopic (exact) mass is 280 g/mol. The fourth-order valence-electron chi connectivity index (χ4n) is 2.09. The van der Waals surface area contributed by atoms with Crippen molar-refractivity contribution in [3.05, 3.63) is 30.3 Å². The van der Waals surface area contributed by atoms with Gasteiger partial charge in [0.25, 0.3) is 0 Å². The molecule has 104 valence electrons. The van der Waals surface area contributed by atoms with Crippen LogP contribution in [0.4, 0.5) is 0 Å². The number of aliphatic hydroxyl groups is 1. The zero-order chi connectivity index (χ0) is 13.5. The summed E-state index contributed by atoms with van der Waals surface area (Å²) in [6.45, 7) is 2.50. The van der Waals surface area contributed by atoms with E-state index in [4.69, 9.17) is 0 Å². The summed E-state index contributed by atoms with van der Waals surface area (Å²) < 4.78 is 0. The number of aliphatic hydroxyl groups excluding tert-OH is 1. The van der Waals surface area contributed by atoms with E-state index in [2.05, 4.69) is 17.4 Å². The zero-order valence-corrected chi connectivity index (χ0v) is 11.7. The molecule has 1 heterocycles. The molecule has 1 atom stereocenters. The van der Waals surface area contributed by atoms with Gasteiger partial charge >= 0.3 is 0 Å². The fraction of sp³-hybridized carbons (Fsp3) is 0.500. The minimum Gasteiger partial charge on any atom is -0.392 e. The molecule has 2 N–H and O–H groups in total. The van der Waals surface area contributed by atoms with Gasteiger partial charge in [-0.2, -0.15) is 0 Å². The summed E-state index contributed by atoms with van der Waals surface area (Å²) in [4.78, 5) is 14.9. The molecule has 2 rings (SSSR count). The van der Waals surface area contributed by atoms with Crippen molar-refractivity contribution < 1.29 is 9.90 Å². The van der Waals surface area contributed by atoms with Crippen LogP contribution in [0.2, 0.25) is 0 Å². The first-order valence-corrected chi connectivity index (χ1v) is 7.57. The van der Waals surface area contributed by atoms with Gasteiger partial charge < -0.3 is 10.4 Å². The van der Waals surface area contributed by atoms with Crippen LogP contribution in [0.5, 0.6) is 0 Å². The van der Waals surface area contributed by atoms with Gasteiger partial charge in [-0.25, -0.2) is 0 Å². The van der Waals surface area contributed by atoms with Crippen molar-refractivity contribution in [2.24, 2.45) is 0 Å². The van der Waals surface area contributed by atoms with Crippen molar-refractivity contribution in [3.8, 4) is 0 Å². The van der Waals surface area contributed by atoms with Crippen molar-refractivity contribution in [1.29, 1.82) is 0 Å². The molecule has 1 aliphatic heterocycles. The topological polar surface area (TPSA) is 52.6 Å². The fourth-order valence-corrected chi connectivity index (χ4v) is 2.88. The predicted molar refractivity (Wildman–Crippen MR) is 77.2 cm³/mol. The maximum Gasteiger partial charge on any atom is 0.234 e. The maximum absolute atomic E-state index is 11.7. The van der Waals surface area contributed by atoms with Crippen LogP contribution < -0.4 is 5.32 Å². The van der Waals surface area contributed by atoms with Gasteiger partial charge in [-0.1, -0.05) is 18.2 Å². The lowest BCUT2D eigenvalue weighted by Gasteiger charge is -2.14. The standard InChI is InChI=1S/C14H20N2O2S/c17-12-6-8-16(10-12)11-14(18)15-7-9-19-13-4-2-1-3-5-13/h1-5,12,17H,6-11H2,(H,15,18)/t12-/m1/s1. The molecule has 19 heavy (non-hydrogen) atoms. The van der Waals surface area contributed by atoms with E-state index >= 15 is 0 Å². The van der Waals surface area contributed by atoms with E-state index in [9.17, 15) is 9.90 Å².